The Bertz CT molecular complexity index is 517. The highest BCUT2D eigenvalue weighted by Gasteiger charge is 2.05. The van der Waals surface area contributed by atoms with Gasteiger partial charge in [0.1, 0.15) is 17.2 Å². The van der Waals surface area contributed by atoms with E-state index in [0.717, 1.165) is 5.69 Å². The molecule has 86 valence electrons. The molecule has 0 aromatic heterocycles. The van der Waals surface area contributed by atoms with Crippen molar-refractivity contribution in [3.8, 4) is 12.1 Å². The molecule has 0 saturated carbocycles. The maximum absolute atomic E-state index is 8.82. The quantitative estimate of drug-likeness (QED) is 0.827. The molecule has 0 saturated heterocycles. The number of benzene rings is 1. The van der Waals surface area contributed by atoms with Crippen molar-refractivity contribution in [2.24, 2.45) is 0 Å². The molecule has 0 amide bonds. The third-order valence-corrected chi connectivity index (χ3v) is 3.13. The minimum absolute atomic E-state index is 0.107. The number of anilines is 1. The van der Waals surface area contributed by atoms with Crippen molar-refractivity contribution < 1.29 is 0 Å². The van der Waals surface area contributed by atoms with Crippen molar-refractivity contribution in [3.63, 3.8) is 0 Å². The first-order chi connectivity index (χ1) is 8.12. The summed E-state index contributed by atoms with van der Waals surface area (Å²) in [5.41, 5.74) is 3.38. The van der Waals surface area contributed by atoms with E-state index in [-0.39, 0.29) is 5.57 Å². The first-order valence-corrected chi connectivity index (χ1v) is 6.27. The van der Waals surface area contributed by atoms with Crippen molar-refractivity contribution in [3.05, 3.63) is 39.9 Å². The average Bonchev–Trinajstić information content (AvgIpc) is 2.33. The van der Waals surface area contributed by atoms with E-state index in [1.54, 1.807) is 0 Å². The molecule has 0 bridgehead atoms. The van der Waals surface area contributed by atoms with Crippen LogP contribution in [0.3, 0.4) is 0 Å². The summed E-state index contributed by atoms with van der Waals surface area (Å²) in [6.45, 7) is 4.07. The smallest absolute Gasteiger partial charge is 0.159 e. The standard InChI is InChI=1S/C13H13N3S/c1-9-4-5-12(6-10(9)2)16-13(17-3)11(7-14)8-15/h4-6,16H,1-3H3. The van der Waals surface area contributed by atoms with Gasteiger partial charge in [0.05, 0.1) is 0 Å². The molecule has 0 aliphatic carbocycles. The molecule has 1 aromatic rings. The molecule has 0 atom stereocenters. The third-order valence-electron chi connectivity index (χ3n) is 2.42. The Kier molecular flexibility index (Phi) is 4.63. The summed E-state index contributed by atoms with van der Waals surface area (Å²) in [4.78, 5) is 0. The molecule has 1 rings (SSSR count). The second-order valence-corrected chi connectivity index (χ2v) is 4.37. The molecular formula is C13H13N3S. The number of thioether (sulfide) groups is 1. The molecule has 0 unspecified atom stereocenters. The van der Waals surface area contributed by atoms with Crippen LogP contribution in [0.4, 0.5) is 5.69 Å². The van der Waals surface area contributed by atoms with E-state index < -0.39 is 0 Å². The van der Waals surface area contributed by atoms with Crippen LogP contribution in [0.5, 0.6) is 0 Å². The van der Waals surface area contributed by atoms with E-state index in [2.05, 4.69) is 5.32 Å². The fraction of sp³-hybridized carbons (Fsp3) is 0.231. The minimum atomic E-state index is 0.107. The lowest BCUT2D eigenvalue weighted by Gasteiger charge is -2.10. The lowest BCUT2D eigenvalue weighted by Crippen LogP contribution is -1.99. The highest BCUT2D eigenvalue weighted by Crippen LogP contribution is 2.22. The zero-order valence-electron chi connectivity index (χ0n) is 10.0. The van der Waals surface area contributed by atoms with E-state index >= 15 is 0 Å². The molecule has 0 fully saturated rings. The molecule has 0 radical (unpaired) electrons. The summed E-state index contributed by atoms with van der Waals surface area (Å²) >= 11 is 1.36. The zero-order chi connectivity index (χ0) is 12.8. The van der Waals surface area contributed by atoms with Crippen molar-refractivity contribution in [2.75, 3.05) is 11.6 Å². The van der Waals surface area contributed by atoms with Crippen LogP contribution >= 0.6 is 11.8 Å². The Morgan fingerprint density at radius 2 is 1.82 bits per heavy atom. The van der Waals surface area contributed by atoms with Gasteiger partial charge in [-0.1, -0.05) is 6.07 Å². The summed E-state index contributed by atoms with van der Waals surface area (Å²) in [7, 11) is 0. The van der Waals surface area contributed by atoms with Gasteiger partial charge in [-0.15, -0.1) is 11.8 Å². The lowest BCUT2D eigenvalue weighted by atomic mass is 10.1. The van der Waals surface area contributed by atoms with Gasteiger partial charge in [-0.25, -0.2) is 0 Å². The summed E-state index contributed by atoms with van der Waals surface area (Å²) < 4.78 is 0. The van der Waals surface area contributed by atoms with Gasteiger partial charge >= 0.3 is 0 Å². The highest BCUT2D eigenvalue weighted by molar-refractivity contribution is 8.02. The van der Waals surface area contributed by atoms with Gasteiger partial charge in [-0.3, -0.25) is 0 Å². The van der Waals surface area contributed by atoms with Gasteiger partial charge in [0.25, 0.3) is 0 Å². The molecule has 1 N–H and O–H groups in total. The first-order valence-electron chi connectivity index (χ1n) is 5.05. The van der Waals surface area contributed by atoms with Gasteiger partial charge in [0.2, 0.25) is 0 Å². The molecule has 1 aromatic carbocycles. The molecule has 0 aliphatic rings. The molecule has 3 nitrogen and oxygen atoms in total. The fourth-order valence-corrected chi connectivity index (χ4v) is 1.81. The van der Waals surface area contributed by atoms with Gasteiger partial charge in [0, 0.05) is 5.69 Å². The second-order valence-electron chi connectivity index (χ2n) is 3.56. The van der Waals surface area contributed by atoms with Gasteiger partial charge in [-0.2, -0.15) is 10.5 Å². The Balaban J connectivity index is 3.05. The zero-order valence-corrected chi connectivity index (χ0v) is 10.9. The molecule has 4 heteroatoms. The number of nitrogens with zero attached hydrogens (tertiary/aromatic N) is 2. The largest absolute Gasteiger partial charge is 0.349 e. The van der Waals surface area contributed by atoms with Crippen molar-refractivity contribution in [1.82, 2.24) is 0 Å². The van der Waals surface area contributed by atoms with Crippen molar-refractivity contribution in [1.29, 1.82) is 10.5 Å². The van der Waals surface area contributed by atoms with E-state index in [1.165, 1.54) is 22.9 Å². The number of hydrogen-bond donors (Lipinski definition) is 1. The number of nitrogens with one attached hydrogen (secondary N) is 1. The monoisotopic (exact) mass is 243 g/mol. The molecule has 0 spiro atoms. The van der Waals surface area contributed by atoms with Crippen molar-refractivity contribution in [2.45, 2.75) is 13.8 Å². The lowest BCUT2D eigenvalue weighted by molar-refractivity contribution is 1.33. The van der Waals surface area contributed by atoms with Crippen LogP contribution in [0.2, 0.25) is 0 Å². The Morgan fingerprint density at radius 3 is 2.29 bits per heavy atom. The average molecular weight is 243 g/mol. The van der Waals surface area contributed by atoms with Crippen LogP contribution in [0.15, 0.2) is 28.8 Å². The maximum Gasteiger partial charge on any atom is 0.159 e. The number of aryl methyl sites for hydroxylation is 2. The van der Waals surface area contributed by atoms with Gasteiger partial charge < -0.3 is 5.32 Å². The van der Waals surface area contributed by atoms with E-state index in [4.69, 9.17) is 10.5 Å². The van der Waals surface area contributed by atoms with Crippen LogP contribution in [-0.4, -0.2) is 6.26 Å². The number of rotatable bonds is 3. The fourth-order valence-electron chi connectivity index (χ4n) is 1.29. The third kappa shape index (κ3) is 3.27. The van der Waals surface area contributed by atoms with Gasteiger partial charge in [-0.05, 0) is 43.4 Å². The van der Waals surface area contributed by atoms with E-state index in [9.17, 15) is 0 Å². The second kappa shape index (κ2) is 5.98. The van der Waals surface area contributed by atoms with Crippen LogP contribution in [0.25, 0.3) is 0 Å². The predicted octanol–water partition coefficient (Wildman–Crippen LogP) is 3.34. The summed E-state index contributed by atoms with van der Waals surface area (Å²) in [6, 6.07) is 9.71. The van der Waals surface area contributed by atoms with Crippen LogP contribution in [0, 0.1) is 36.5 Å². The minimum Gasteiger partial charge on any atom is -0.349 e. The molecule has 0 heterocycles. The van der Waals surface area contributed by atoms with Gasteiger partial charge in [0.15, 0.2) is 5.57 Å². The van der Waals surface area contributed by atoms with E-state index in [0.29, 0.717) is 5.03 Å². The van der Waals surface area contributed by atoms with E-state index in [1.807, 2.05) is 50.4 Å². The first kappa shape index (κ1) is 13.2. The summed E-state index contributed by atoms with van der Waals surface area (Å²) in [5, 5.41) is 21.3. The molecular weight excluding hydrogens is 230 g/mol. The van der Waals surface area contributed by atoms with Crippen LogP contribution < -0.4 is 5.32 Å². The highest BCUT2D eigenvalue weighted by atomic mass is 32.2. The summed E-state index contributed by atoms with van der Waals surface area (Å²) in [5.74, 6) is 0. The number of nitriles is 2. The topological polar surface area (TPSA) is 59.6 Å². The Hall–Kier alpha value is -1.91. The van der Waals surface area contributed by atoms with Crippen LogP contribution in [-0.2, 0) is 0 Å². The normalized spacial score (nSPS) is 9.00. The molecule has 17 heavy (non-hydrogen) atoms. The Labute approximate surface area is 106 Å². The maximum atomic E-state index is 8.82. The van der Waals surface area contributed by atoms with Crippen LogP contribution in [0.1, 0.15) is 11.1 Å². The summed E-state index contributed by atoms with van der Waals surface area (Å²) in [6.07, 6.45) is 1.83. The predicted molar refractivity (Wildman–Crippen MR) is 71.3 cm³/mol. The SMILES string of the molecule is CSC(Nc1ccc(C)c(C)c1)=C(C#N)C#N. The number of allylic oxidation sites excluding steroid dienone is 1. The Morgan fingerprint density at radius 1 is 1.18 bits per heavy atom. The molecule has 0 aliphatic heterocycles. The number of hydrogen-bond acceptors (Lipinski definition) is 4. The van der Waals surface area contributed by atoms with Crippen molar-refractivity contribution >= 4 is 17.4 Å².